The molecule has 6 nitrogen and oxygen atoms in total. The molecule has 0 fully saturated rings. The minimum atomic E-state index is -1.51. The number of non-ortho nitro benzene ring substituents is 1. The van der Waals surface area contributed by atoms with Gasteiger partial charge in [-0.1, -0.05) is 19.1 Å². The van der Waals surface area contributed by atoms with Crippen molar-refractivity contribution >= 4 is 11.8 Å². The molecule has 0 saturated heterocycles. The smallest absolute Gasteiger partial charge is 0.449 e. The Kier molecular flexibility index (Phi) is 4.36. The van der Waals surface area contributed by atoms with Crippen LogP contribution < -0.4 is 4.74 Å². The zero-order valence-electron chi connectivity index (χ0n) is 11.5. The monoisotopic (exact) mass is 305 g/mol. The standard InChI is InChI=1S/C15H12FNO5/c1-9(10-2-4-11(16)5-3-10)13-8-12(17(20)21)6-7-14(13)22-15(18)19/h2-9H,1H3,(H,18,19)/t9-/m0/s1. The summed E-state index contributed by atoms with van der Waals surface area (Å²) in [5.74, 6) is -0.804. The van der Waals surface area contributed by atoms with E-state index in [2.05, 4.69) is 4.74 Å². The summed E-state index contributed by atoms with van der Waals surface area (Å²) in [5.41, 5.74) is 0.835. The number of carboxylic acid groups (broad SMARTS) is 1. The molecule has 0 unspecified atom stereocenters. The van der Waals surface area contributed by atoms with Crippen LogP contribution >= 0.6 is 0 Å². The Morgan fingerprint density at radius 1 is 1.27 bits per heavy atom. The Hall–Kier alpha value is -2.96. The van der Waals surface area contributed by atoms with E-state index in [9.17, 15) is 19.3 Å². The molecule has 0 aliphatic heterocycles. The highest BCUT2D eigenvalue weighted by atomic mass is 19.1. The number of hydrogen-bond donors (Lipinski definition) is 1. The summed E-state index contributed by atoms with van der Waals surface area (Å²) in [6, 6.07) is 9.25. The molecular weight excluding hydrogens is 293 g/mol. The van der Waals surface area contributed by atoms with Gasteiger partial charge in [0.15, 0.2) is 0 Å². The van der Waals surface area contributed by atoms with Crippen LogP contribution in [0.5, 0.6) is 5.75 Å². The zero-order chi connectivity index (χ0) is 16.3. The maximum Gasteiger partial charge on any atom is 0.511 e. The van der Waals surface area contributed by atoms with Crippen molar-refractivity contribution in [2.75, 3.05) is 0 Å². The van der Waals surface area contributed by atoms with Crippen LogP contribution in [-0.4, -0.2) is 16.2 Å². The van der Waals surface area contributed by atoms with E-state index in [1.165, 1.54) is 42.5 Å². The third-order valence-corrected chi connectivity index (χ3v) is 3.24. The number of nitrogens with zero attached hydrogens (tertiary/aromatic N) is 1. The highest BCUT2D eigenvalue weighted by Crippen LogP contribution is 2.34. The average molecular weight is 305 g/mol. The van der Waals surface area contributed by atoms with Gasteiger partial charge in [-0.25, -0.2) is 9.18 Å². The SMILES string of the molecule is C[C@@H](c1ccc(F)cc1)c1cc([N+](=O)[O-])ccc1OC(=O)O. The molecule has 0 saturated carbocycles. The summed E-state index contributed by atoms with van der Waals surface area (Å²) in [6.45, 7) is 1.72. The molecule has 2 rings (SSSR count). The van der Waals surface area contributed by atoms with Gasteiger partial charge in [-0.15, -0.1) is 0 Å². The highest BCUT2D eigenvalue weighted by molar-refractivity contribution is 5.63. The van der Waals surface area contributed by atoms with Crippen LogP contribution in [0.3, 0.4) is 0 Å². The second kappa shape index (κ2) is 6.21. The van der Waals surface area contributed by atoms with Crippen LogP contribution in [0, 0.1) is 15.9 Å². The largest absolute Gasteiger partial charge is 0.511 e. The van der Waals surface area contributed by atoms with Gasteiger partial charge >= 0.3 is 6.16 Å². The molecule has 0 aromatic heterocycles. The summed E-state index contributed by atoms with van der Waals surface area (Å²) >= 11 is 0. The maximum absolute atomic E-state index is 13.0. The van der Waals surface area contributed by atoms with E-state index in [1.54, 1.807) is 6.92 Å². The molecule has 7 heteroatoms. The molecule has 0 radical (unpaired) electrons. The van der Waals surface area contributed by atoms with Gasteiger partial charge in [0.25, 0.3) is 5.69 Å². The van der Waals surface area contributed by atoms with E-state index in [0.29, 0.717) is 11.1 Å². The Bertz CT molecular complexity index is 714. The van der Waals surface area contributed by atoms with Crippen LogP contribution in [0.25, 0.3) is 0 Å². The number of halogens is 1. The summed E-state index contributed by atoms with van der Waals surface area (Å²) in [7, 11) is 0. The van der Waals surface area contributed by atoms with Gasteiger partial charge in [0.2, 0.25) is 0 Å². The molecule has 0 aliphatic rings. The van der Waals surface area contributed by atoms with Crippen LogP contribution in [0.2, 0.25) is 0 Å². The summed E-state index contributed by atoms with van der Waals surface area (Å²) in [5, 5.41) is 19.6. The number of benzene rings is 2. The van der Waals surface area contributed by atoms with E-state index in [-0.39, 0.29) is 11.4 Å². The van der Waals surface area contributed by atoms with Crippen molar-refractivity contribution in [3.8, 4) is 5.75 Å². The van der Waals surface area contributed by atoms with E-state index in [4.69, 9.17) is 5.11 Å². The fraction of sp³-hybridized carbons (Fsp3) is 0.133. The fourth-order valence-electron chi connectivity index (χ4n) is 2.11. The predicted molar refractivity (Wildman–Crippen MR) is 75.7 cm³/mol. The molecule has 2 aromatic carbocycles. The van der Waals surface area contributed by atoms with Gasteiger partial charge in [0.1, 0.15) is 11.6 Å². The third-order valence-electron chi connectivity index (χ3n) is 3.24. The van der Waals surface area contributed by atoms with Crippen molar-refractivity contribution in [2.45, 2.75) is 12.8 Å². The molecule has 1 atom stereocenters. The molecule has 0 spiro atoms. The van der Waals surface area contributed by atoms with Crippen molar-refractivity contribution in [3.63, 3.8) is 0 Å². The van der Waals surface area contributed by atoms with Gasteiger partial charge in [0.05, 0.1) is 4.92 Å². The number of ether oxygens (including phenoxy) is 1. The Labute approximate surface area is 124 Å². The maximum atomic E-state index is 13.0. The summed E-state index contributed by atoms with van der Waals surface area (Å²) in [6.07, 6.45) is -1.51. The molecule has 0 amide bonds. The van der Waals surface area contributed by atoms with Gasteiger partial charge in [-0.3, -0.25) is 10.1 Å². The number of nitro groups is 1. The fourth-order valence-corrected chi connectivity index (χ4v) is 2.11. The van der Waals surface area contributed by atoms with Crippen LogP contribution in [-0.2, 0) is 0 Å². The Balaban J connectivity index is 2.49. The third kappa shape index (κ3) is 3.38. The lowest BCUT2D eigenvalue weighted by molar-refractivity contribution is -0.384. The highest BCUT2D eigenvalue weighted by Gasteiger charge is 2.20. The first-order chi connectivity index (χ1) is 10.4. The van der Waals surface area contributed by atoms with Gasteiger partial charge in [0, 0.05) is 23.6 Å². The van der Waals surface area contributed by atoms with Crippen molar-refractivity contribution in [1.29, 1.82) is 0 Å². The van der Waals surface area contributed by atoms with Crippen molar-refractivity contribution < 1.29 is 24.0 Å². The summed E-state index contributed by atoms with van der Waals surface area (Å²) in [4.78, 5) is 21.0. The number of carbonyl (C=O) groups is 1. The van der Waals surface area contributed by atoms with Gasteiger partial charge in [-0.05, 0) is 23.8 Å². The van der Waals surface area contributed by atoms with E-state index >= 15 is 0 Å². The normalized spacial score (nSPS) is 11.7. The number of hydrogen-bond acceptors (Lipinski definition) is 4. The van der Waals surface area contributed by atoms with Crippen LogP contribution in [0.4, 0.5) is 14.9 Å². The quantitative estimate of drug-likeness (QED) is 0.400. The minimum absolute atomic E-state index is 0.00919. The Morgan fingerprint density at radius 3 is 2.45 bits per heavy atom. The number of rotatable bonds is 4. The van der Waals surface area contributed by atoms with Crippen LogP contribution in [0.15, 0.2) is 42.5 Å². The first-order valence-electron chi connectivity index (χ1n) is 6.33. The molecule has 2 aromatic rings. The van der Waals surface area contributed by atoms with Crippen LogP contribution in [0.1, 0.15) is 24.0 Å². The first kappa shape index (κ1) is 15.4. The lowest BCUT2D eigenvalue weighted by atomic mass is 9.92. The second-order valence-corrected chi connectivity index (χ2v) is 4.62. The van der Waals surface area contributed by atoms with E-state index < -0.39 is 22.8 Å². The lowest BCUT2D eigenvalue weighted by Crippen LogP contribution is -2.08. The van der Waals surface area contributed by atoms with E-state index in [1.807, 2.05) is 0 Å². The zero-order valence-corrected chi connectivity index (χ0v) is 11.5. The number of nitro benzene ring substituents is 1. The molecule has 0 bridgehead atoms. The molecule has 0 heterocycles. The minimum Gasteiger partial charge on any atom is -0.449 e. The molecule has 0 aliphatic carbocycles. The molecule has 22 heavy (non-hydrogen) atoms. The molecule has 114 valence electrons. The average Bonchev–Trinajstić information content (AvgIpc) is 2.47. The van der Waals surface area contributed by atoms with Crippen molar-refractivity contribution in [3.05, 3.63) is 69.5 Å². The van der Waals surface area contributed by atoms with Crippen molar-refractivity contribution in [1.82, 2.24) is 0 Å². The van der Waals surface area contributed by atoms with E-state index in [0.717, 1.165) is 0 Å². The van der Waals surface area contributed by atoms with Crippen molar-refractivity contribution in [2.24, 2.45) is 0 Å². The second-order valence-electron chi connectivity index (χ2n) is 4.62. The Morgan fingerprint density at radius 2 is 1.91 bits per heavy atom. The first-order valence-corrected chi connectivity index (χ1v) is 6.33. The summed E-state index contributed by atoms with van der Waals surface area (Å²) < 4.78 is 17.6. The van der Waals surface area contributed by atoms with Gasteiger partial charge in [-0.2, -0.15) is 0 Å². The molecular formula is C15H12FNO5. The topological polar surface area (TPSA) is 89.7 Å². The lowest BCUT2D eigenvalue weighted by Gasteiger charge is -2.15. The predicted octanol–water partition coefficient (Wildman–Crippen LogP) is 3.94. The molecule has 1 N–H and O–H groups in total. The van der Waals surface area contributed by atoms with Gasteiger partial charge < -0.3 is 9.84 Å².